The quantitative estimate of drug-likeness (QED) is 0.641. The van der Waals surface area contributed by atoms with Gasteiger partial charge in [-0.2, -0.15) is 0 Å². The molecule has 90 valence electrons. The Balaban J connectivity index is 2.70. The summed E-state index contributed by atoms with van der Waals surface area (Å²) in [5.74, 6) is 2.54. The van der Waals surface area contributed by atoms with Gasteiger partial charge in [-0.25, -0.2) is 0 Å². The fourth-order valence-corrected chi connectivity index (χ4v) is 2.25. The molecular formula is C14H20Cl2. The zero-order valence-electron chi connectivity index (χ0n) is 10.0. The Morgan fingerprint density at radius 3 is 2.56 bits per heavy atom. The molecule has 0 amide bonds. The molecule has 0 radical (unpaired) electrons. The van der Waals surface area contributed by atoms with Crippen LogP contribution in [0, 0.1) is 5.92 Å². The van der Waals surface area contributed by atoms with Gasteiger partial charge in [0, 0.05) is 11.8 Å². The minimum atomic E-state index is 0.542. The third-order valence-electron chi connectivity index (χ3n) is 2.91. The molecule has 0 N–H and O–H groups in total. The lowest BCUT2D eigenvalue weighted by Gasteiger charge is -2.13. The van der Waals surface area contributed by atoms with Gasteiger partial charge in [0.15, 0.2) is 0 Å². The van der Waals surface area contributed by atoms with Crippen molar-refractivity contribution >= 4 is 23.2 Å². The Hall–Kier alpha value is -0.200. The molecule has 0 saturated carbocycles. The molecule has 0 heterocycles. The summed E-state index contributed by atoms with van der Waals surface area (Å²) in [5, 5.41) is 0. The summed E-state index contributed by atoms with van der Waals surface area (Å²) < 4.78 is 0. The SMILES string of the molecule is CC(CCl)Cc1cccc(C(C)CCCl)c1. The van der Waals surface area contributed by atoms with Crippen LogP contribution in [0.25, 0.3) is 0 Å². The summed E-state index contributed by atoms with van der Waals surface area (Å²) in [6.07, 6.45) is 2.10. The van der Waals surface area contributed by atoms with Gasteiger partial charge in [-0.15, -0.1) is 23.2 Å². The van der Waals surface area contributed by atoms with E-state index in [1.165, 1.54) is 11.1 Å². The van der Waals surface area contributed by atoms with E-state index in [9.17, 15) is 0 Å². The van der Waals surface area contributed by atoms with Gasteiger partial charge in [0.2, 0.25) is 0 Å². The zero-order valence-corrected chi connectivity index (χ0v) is 11.6. The van der Waals surface area contributed by atoms with Crippen LogP contribution in [0.2, 0.25) is 0 Å². The largest absolute Gasteiger partial charge is 0.127 e. The van der Waals surface area contributed by atoms with Gasteiger partial charge in [-0.1, -0.05) is 38.1 Å². The van der Waals surface area contributed by atoms with Gasteiger partial charge in [0.05, 0.1) is 0 Å². The molecule has 16 heavy (non-hydrogen) atoms. The fourth-order valence-electron chi connectivity index (χ4n) is 1.81. The van der Waals surface area contributed by atoms with Crippen LogP contribution in [0.15, 0.2) is 24.3 Å². The van der Waals surface area contributed by atoms with E-state index < -0.39 is 0 Å². The summed E-state index contributed by atoms with van der Waals surface area (Å²) in [5.41, 5.74) is 2.77. The number of rotatable bonds is 6. The molecule has 0 aliphatic heterocycles. The molecule has 0 aromatic heterocycles. The first-order valence-corrected chi connectivity index (χ1v) is 6.95. The molecule has 1 aromatic rings. The van der Waals surface area contributed by atoms with Crippen LogP contribution in [-0.4, -0.2) is 11.8 Å². The van der Waals surface area contributed by atoms with E-state index in [0.29, 0.717) is 11.8 Å². The Morgan fingerprint density at radius 2 is 1.94 bits per heavy atom. The number of hydrogen-bond acceptors (Lipinski definition) is 0. The lowest BCUT2D eigenvalue weighted by Crippen LogP contribution is -2.02. The molecular weight excluding hydrogens is 239 g/mol. The number of hydrogen-bond donors (Lipinski definition) is 0. The van der Waals surface area contributed by atoms with Gasteiger partial charge >= 0.3 is 0 Å². The van der Waals surface area contributed by atoms with Crippen molar-refractivity contribution in [2.24, 2.45) is 5.92 Å². The van der Waals surface area contributed by atoms with E-state index in [1.807, 2.05) is 0 Å². The second-order valence-corrected chi connectivity index (χ2v) is 5.27. The maximum absolute atomic E-state index is 5.84. The molecule has 1 aromatic carbocycles. The normalized spacial score (nSPS) is 14.8. The third-order valence-corrected chi connectivity index (χ3v) is 3.65. The summed E-state index contributed by atoms with van der Waals surface area (Å²) in [6, 6.07) is 8.79. The van der Waals surface area contributed by atoms with Crippen LogP contribution in [0.5, 0.6) is 0 Å². The van der Waals surface area contributed by atoms with Crippen LogP contribution >= 0.6 is 23.2 Å². The third kappa shape index (κ3) is 4.35. The Labute approximate surface area is 109 Å². The van der Waals surface area contributed by atoms with Crippen molar-refractivity contribution in [1.82, 2.24) is 0 Å². The summed E-state index contributed by atoms with van der Waals surface area (Å²) in [7, 11) is 0. The van der Waals surface area contributed by atoms with Crippen molar-refractivity contribution in [2.45, 2.75) is 32.6 Å². The molecule has 2 heteroatoms. The number of halogens is 2. The van der Waals surface area contributed by atoms with E-state index in [4.69, 9.17) is 23.2 Å². The smallest absolute Gasteiger partial charge is 0.0252 e. The Bertz CT molecular complexity index is 309. The monoisotopic (exact) mass is 258 g/mol. The predicted molar refractivity (Wildman–Crippen MR) is 73.8 cm³/mol. The van der Waals surface area contributed by atoms with Gasteiger partial charge in [-0.05, 0) is 35.8 Å². The van der Waals surface area contributed by atoms with E-state index in [2.05, 4.69) is 38.1 Å². The minimum absolute atomic E-state index is 0.542. The average Bonchev–Trinajstić information content (AvgIpc) is 2.29. The fraction of sp³-hybridized carbons (Fsp3) is 0.571. The van der Waals surface area contributed by atoms with E-state index in [1.54, 1.807) is 0 Å². The first kappa shape index (κ1) is 13.9. The standard InChI is InChI=1S/C14H20Cl2/c1-11(10-16)8-13-4-3-5-14(9-13)12(2)6-7-15/h3-5,9,11-12H,6-8,10H2,1-2H3. The highest BCUT2D eigenvalue weighted by Crippen LogP contribution is 2.21. The highest BCUT2D eigenvalue weighted by Gasteiger charge is 2.07. The summed E-state index contributed by atoms with van der Waals surface area (Å²) in [6.45, 7) is 4.41. The first-order chi connectivity index (χ1) is 7.67. The van der Waals surface area contributed by atoms with Gasteiger partial charge < -0.3 is 0 Å². The van der Waals surface area contributed by atoms with Crippen molar-refractivity contribution in [3.05, 3.63) is 35.4 Å². The van der Waals surface area contributed by atoms with Crippen LogP contribution in [0.4, 0.5) is 0 Å². The van der Waals surface area contributed by atoms with Gasteiger partial charge in [0.25, 0.3) is 0 Å². The second-order valence-electron chi connectivity index (χ2n) is 4.59. The molecule has 1 rings (SSSR count). The van der Waals surface area contributed by atoms with E-state index in [0.717, 1.165) is 24.6 Å². The van der Waals surface area contributed by atoms with Crippen LogP contribution in [0.3, 0.4) is 0 Å². The Kier molecular flexibility index (Phi) is 6.23. The summed E-state index contributed by atoms with van der Waals surface area (Å²) in [4.78, 5) is 0. The molecule has 0 spiro atoms. The molecule has 0 fully saturated rings. The minimum Gasteiger partial charge on any atom is -0.127 e. The zero-order chi connectivity index (χ0) is 12.0. The van der Waals surface area contributed by atoms with E-state index >= 15 is 0 Å². The van der Waals surface area contributed by atoms with Crippen molar-refractivity contribution < 1.29 is 0 Å². The molecule has 2 unspecified atom stereocenters. The first-order valence-electron chi connectivity index (χ1n) is 5.88. The molecule has 0 saturated heterocycles. The highest BCUT2D eigenvalue weighted by molar-refractivity contribution is 6.18. The highest BCUT2D eigenvalue weighted by atomic mass is 35.5. The lowest BCUT2D eigenvalue weighted by molar-refractivity contribution is 0.652. The molecule has 0 aliphatic rings. The van der Waals surface area contributed by atoms with Crippen molar-refractivity contribution in [2.75, 3.05) is 11.8 Å². The topological polar surface area (TPSA) is 0 Å². The molecule has 0 bridgehead atoms. The molecule has 2 atom stereocenters. The predicted octanol–water partition coefficient (Wildman–Crippen LogP) is 4.84. The van der Waals surface area contributed by atoms with Crippen LogP contribution in [-0.2, 0) is 6.42 Å². The van der Waals surface area contributed by atoms with Gasteiger partial charge in [-0.3, -0.25) is 0 Å². The maximum atomic E-state index is 5.84. The Morgan fingerprint density at radius 1 is 1.19 bits per heavy atom. The number of alkyl halides is 2. The number of benzene rings is 1. The average molecular weight is 259 g/mol. The maximum Gasteiger partial charge on any atom is 0.0252 e. The lowest BCUT2D eigenvalue weighted by atomic mass is 9.94. The molecule has 0 aliphatic carbocycles. The van der Waals surface area contributed by atoms with Crippen LogP contribution in [0.1, 0.15) is 37.3 Å². The van der Waals surface area contributed by atoms with Crippen molar-refractivity contribution in [1.29, 1.82) is 0 Å². The second kappa shape index (κ2) is 7.19. The van der Waals surface area contributed by atoms with Crippen molar-refractivity contribution in [3.63, 3.8) is 0 Å². The summed E-state index contributed by atoms with van der Waals surface area (Å²) >= 11 is 11.6. The molecule has 0 nitrogen and oxygen atoms in total. The van der Waals surface area contributed by atoms with Crippen LogP contribution < -0.4 is 0 Å². The van der Waals surface area contributed by atoms with Crippen molar-refractivity contribution in [3.8, 4) is 0 Å². The van der Waals surface area contributed by atoms with Gasteiger partial charge in [0.1, 0.15) is 0 Å². The van der Waals surface area contributed by atoms with E-state index in [-0.39, 0.29) is 0 Å².